The van der Waals surface area contributed by atoms with Gasteiger partial charge < -0.3 is 24.3 Å². The van der Waals surface area contributed by atoms with Gasteiger partial charge in [0, 0.05) is 43.2 Å². The molecule has 1 saturated heterocycles. The summed E-state index contributed by atoms with van der Waals surface area (Å²) in [6.45, 7) is 5.99. The molecule has 4 heterocycles. The van der Waals surface area contributed by atoms with Crippen LogP contribution in [-0.4, -0.2) is 45.6 Å². The number of carbonyl (C=O) groups excluding carboxylic acids is 2. The number of hydrogen-bond acceptors (Lipinski definition) is 5. The van der Waals surface area contributed by atoms with Crippen molar-refractivity contribution in [1.82, 2.24) is 19.8 Å². The summed E-state index contributed by atoms with van der Waals surface area (Å²) in [6.07, 6.45) is 4.84. The van der Waals surface area contributed by atoms with E-state index in [4.69, 9.17) is 32.7 Å². The van der Waals surface area contributed by atoms with Crippen LogP contribution >= 0.6 is 23.2 Å². The van der Waals surface area contributed by atoms with Crippen LogP contribution in [0.1, 0.15) is 60.9 Å². The van der Waals surface area contributed by atoms with Crippen LogP contribution in [0.15, 0.2) is 18.5 Å². The molecule has 0 saturated carbocycles. The van der Waals surface area contributed by atoms with Gasteiger partial charge in [0.2, 0.25) is 0 Å². The lowest BCUT2D eigenvalue weighted by atomic mass is 10.1. The first kappa shape index (κ1) is 22.9. The molecule has 1 fully saturated rings. The van der Waals surface area contributed by atoms with E-state index in [1.54, 1.807) is 6.07 Å². The lowest BCUT2D eigenvalue weighted by molar-refractivity contribution is 0.0686. The average Bonchev–Trinajstić information content (AvgIpc) is 3.36. The number of ether oxygens (including phenoxy) is 2. The SMILES string of the molecule is CC[C@@H](NC(=O)Oc1cc(C(=O)N2CCC[C@@H]2C)n2c1COCC2)c1c(Cl)cncc1Cl. The van der Waals surface area contributed by atoms with Crippen LogP contribution in [0.4, 0.5) is 4.79 Å². The molecule has 2 aliphatic heterocycles. The molecule has 172 valence electrons. The van der Waals surface area contributed by atoms with E-state index in [-0.39, 0.29) is 18.6 Å². The zero-order valence-corrected chi connectivity index (χ0v) is 19.6. The van der Waals surface area contributed by atoms with Crippen molar-refractivity contribution in [2.45, 2.75) is 58.3 Å². The van der Waals surface area contributed by atoms with Gasteiger partial charge in [-0.2, -0.15) is 0 Å². The van der Waals surface area contributed by atoms with E-state index >= 15 is 0 Å². The maximum Gasteiger partial charge on any atom is 0.413 e. The lowest BCUT2D eigenvalue weighted by Crippen LogP contribution is -2.35. The minimum absolute atomic E-state index is 0.0461. The number of rotatable bonds is 5. The van der Waals surface area contributed by atoms with E-state index in [0.29, 0.717) is 52.3 Å². The highest BCUT2D eigenvalue weighted by Crippen LogP contribution is 2.33. The number of halogens is 2. The predicted molar refractivity (Wildman–Crippen MR) is 120 cm³/mol. The molecule has 0 bridgehead atoms. The number of amides is 2. The van der Waals surface area contributed by atoms with Crippen molar-refractivity contribution in [3.05, 3.63) is 45.5 Å². The number of aromatic nitrogens is 2. The zero-order chi connectivity index (χ0) is 22.8. The molecule has 0 unspecified atom stereocenters. The topological polar surface area (TPSA) is 85.7 Å². The summed E-state index contributed by atoms with van der Waals surface area (Å²) >= 11 is 12.5. The third-order valence-electron chi connectivity index (χ3n) is 6.04. The van der Waals surface area contributed by atoms with E-state index in [9.17, 15) is 9.59 Å². The fraction of sp³-hybridized carbons (Fsp3) is 0.500. The van der Waals surface area contributed by atoms with Crippen molar-refractivity contribution < 1.29 is 19.1 Å². The molecule has 2 amide bonds. The Labute approximate surface area is 196 Å². The van der Waals surface area contributed by atoms with Crippen LogP contribution < -0.4 is 10.1 Å². The molecule has 0 radical (unpaired) electrons. The Morgan fingerprint density at radius 3 is 2.72 bits per heavy atom. The summed E-state index contributed by atoms with van der Waals surface area (Å²) in [4.78, 5) is 31.8. The molecule has 2 atom stereocenters. The highest BCUT2D eigenvalue weighted by molar-refractivity contribution is 6.35. The minimum atomic E-state index is -0.659. The van der Waals surface area contributed by atoms with Gasteiger partial charge in [-0.05, 0) is 26.2 Å². The van der Waals surface area contributed by atoms with Crippen LogP contribution in [0.5, 0.6) is 5.75 Å². The monoisotopic (exact) mass is 480 g/mol. The zero-order valence-electron chi connectivity index (χ0n) is 18.1. The van der Waals surface area contributed by atoms with E-state index in [1.165, 1.54) is 12.4 Å². The first-order valence-electron chi connectivity index (χ1n) is 10.8. The quantitative estimate of drug-likeness (QED) is 0.676. The fourth-order valence-corrected chi connectivity index (χ4v) is 4.97. The fourth-order valence-electron chi connectivity index (χ4n) is 4.34. The van der Waals surface area contributed by atoms with Crippen LogP contribution in [0.2, 0.25) is 10.0 Å². The Hall–Kier alpha value is -2.29. The third-order valence-corrected chi connectivity index (χ3v) is 6.64. The van der Waals surface area contributed by atoms with E-state index in [0.717, 1.165) is 19.4 Å². The molecule has 0 spiro atoms. The molecule has 2 aliphatic rings. The van der Waals surface area contributed by atoms with Gasteiger partial charge in [0.25, 0.3) is 5.91 Å². The molecular formula is C22H26Cl2N4O4. The summed E-state index contributed by atoms with van der Waals surface area (Å²) in [6, 6.07) is 1.39. The van der Waals surface area contributed by atoms with Gasteiger partial charge in [0.1, 0.15) is 5.69 Å². The summed E-state index contributed by atoms with van der Waals surface area (Å²) in [5.41, 5.74) is 1.78. The van der Waals surface area contributed by atoms with Crippen LogP contribution in [0.25, 0.3) is 0 Å². The van der Waals surface area contributed by atoms with Crippen LogP contribution in [-0.2, 0) is 17.9 Å². The van der Waals surface area contributed by atoms with Gasteiger partial charge in [-0.25, -0.2) is 4.79 Å². The summed E-state index contributed by atoms with van der Waals surface area (Å²) in [5.74, 6) is 0.273. The largest absolute Gasteiger partial charge is 0.413 e. The molecule has 2 aromatic rings. The normalized spacial score (nSPS) is 18.9. The highest BCUT2D eigenvalue weighted by Gasteiger charge is 2.32. The van der Waals surface area contributed by atoms with Gasteiger partial charge in [0.15, 0.2) is 5.75 Å². The Morgan fingerprint density at radius 2 is 2.06 bits per heavy atom. The molecule has 0 aliphatic carbocycles. The van der Waals surface area contributed by atoms with Crippen molar-refractivity contribution >= 4 is 35.2 Å². The molecule has 2 aromatic heterocycles. The minimum Gasteiger partial charge on any atom is -0.408 e. The molecule has 0 aromatic carbocycles. The van der Waals surface area contributed by atoms with Crippen molar-refractivity contribution in [3.63, 3.8) is 0 Å². The standard InChI is InChI=1S/C22H26Cl2N4O4/c1-3-16(20-14(23)10-25-11-15(20)24)26-22(30)32-19-9-17(28-7-8-31-12-18(19)28)21(29)27-6-4-5-13(27)2/h9-11,13,16H,3-8,12H2,1-2H3,(H,26,30)/t13-,16+/m0/s1. The van der Waals surface area contributed by atoms with Crippen molar-refractivity contribution in [2.24, 2.45) is 0 Å². The Morgan fingerprint density at radius 1 is 1.31 bits per heavy atom. The number of nitrogens with zero attached hydrogens (tertiary/aromatic N) is 3. The van der Waals surface area contributed by atoms with Gasteiger partial charge in [-0.3, -0.25) is 9.78 Å². The number of nitrogens with one attached hydrogen (secondary N) is 1. The summed E-state index contributed by atoms with van der Waals surface area (Å²) in [7, 11) is 0. The smallest absolute Gasteiger partial charge is 0.408 e. The predicted octanol–water partition coefficient (Wildman–Crippen LogP) is 4.58. The second kappa shape index (κ2) is 9.68. The lowest BCUT2D eigenvalue weighted by Gasteiger charge is -2.24. The first-order valence-corrected chi connectivity index (χ1v) is 11.5. The Balaban J connectivity index is 1.55. The highest BCUT2D eigenvalue weighted by atomic mass is 35.5. The van der Waals surface area contributed by atoms with Crippen LogP contribution in [0.3, 0.4) is 0 Å². The summed E-state index contributed by atoms with van der Waals surface area (Å²) < 4.78 is 13.1. The molecule has 1 N–H and O–H groups in total. The molecule has 32 heavy (non-hydrogen) atoms. The Kier molecular flexibility index (Phi) is 6.93. The van der Waals surface area contributed by atoms with E-state index in [2.05, 4.69) is 17.2 Å². The maximum atomic E-state index is 13.2. The van der Waals surface area contributed by atoms with E-state index < -0.39 is 12.1 Å². The number of likely N-dealkylation sites (tertiary alicyclic amines) is 1. The number of pyridine rings is 1. The van der Waals surface area contributed by atoms with Crippen molar-refractivity contribution in [1.29, 1.82) is 0 Å². The van der Waals surface area contributed by atoms with Crippen LogP contribution in [0, 0.1) is 0 Å². The first-order chi connectivity index (χ1) is 15.4. The molecule has 4 rings (SSSR count). The average molecular weight is 481 g/mol. The van der Waals surface area contributed by atoms with E-state index in [1.807, 2.05) is 16.4 Å². The molecule has 10 heteroatoms. The Bertz CT molecular complexity index is 1010. The number of carbonyl (C=O) groups is 2. The van der Waals surface area contributed by atoms with Gasteiger partial charge >= 0.3 is 6.09 Å². The third kappa shape index (κ3) is 4.44. The van der Waals surface area contributed by atoms with Gasteiger partial charge in [-0.15, -0.1) is 0 Å². The number of hydrogen-bond donors (Lipinski definition) is 1. The maximum absolute atomic E-state index is 13.2. The second-order valence-electron chi connectivity index (χ2n) is 8.05. The number of fused-ring (bicyclic) bond motifs is 1. The van der Waals surface area contributed by atoms with Gasteiger partial charge in [-0.1, -0.05) is 30.1 Å². The molecule has 8 nitrogen and oxygen atoms in total. The summed E-state index contributed by atoms with van der Waals surface area (Å²) in [5, 5.41) is 3.55. The second-order valence-corrected chi connectivity index (χ2v) is 8.86. The van der Waals surface area contributed by atoms with Crippen molar-refractivity contribution in [3.8, 4) is 5.75 Å². The molecular weight excluding hydrogens is 455 g/mol. The van der Waals surface area contributed by atoms with Crippen molar-refractivity contribution in [2.75, 3.05) is 13.2 Å². The van der Waals surface area contributed by atoms with Gasteiger partial charge in [0.05, 0.1) is 35.0 Å².